The Bertz CT molecular complexity index is 278. The molecule has 1 N–H and O–H groups in total. The SMILES string of the molecule is CNCCCCCCn1cnc(C)c1C. The van der Waals surface area contributed by atoms with Gasteiger partial charge >= 0.3 is 0 Å². The summed E-state index contributed by atoms with van der Waals surface area (Å²) in [6, 6.07) is 0. The van der Waals surface area contributed by atoms with Crippen LogP contribution in [-0.2, 0) is 6.54 Å². The molecule has 1 heterocycles. The zero-order valence-electron chi connectivity index (χ0n) is 10.2. The molecule has 0 amide bonds. The van der Waals surface area contributed by atoms with E-state index in [2.05, 4.69) is 28.7 Å². The standard InChI is InChI=1S/C12H23N3/c1-11-12(2)15(10-14-11)9-7-5-4-6-8-13-3/h10,13H,4-9H2,1-3H3. The van der Waals surface area contributed by atoms with Gasteiger partial charge in [-0.1, -0.05) is 12.8 Å². The van der Waals surface area contributed by atoms with Gasteiger partial charge in [-0.3, -0.25) is 0 Å². The summed E-state index contributed by atoms with van der Waals surface area (Å²) in [5.41, 5.74) is 2.47. The Morgan fingerprint density at radius 2 is 1.93 bits per heavy atom. The quantitative estimate of drug-likeness (QED) is 0.698. The molecule has 3 heteroatoms. The molecule has 0 aromatic carbocycles. The number of hydrogen-bond donors (Lipinski definition) is 1. The van der Waals surface area contributed by atoms with Gasteiger partial charge in [0.25, 0.3) is 0 Å². The summed E-state index contributed by atoms with van der Waals surface area (Å²) in [6.07, 6.45) is 7.16. The maximum atomic E-state index is 4.30. The van der Waals surface area contributed by atoms with Gasteiger partial charge in [0.05, 0.1) is 12.0 Å². The predicted molar refractivity (Wildman–Crippen MR) is 64.1 cm³/mol. The molecule has 0 unspecified atom stereocenters. The Balaban J connectivity index is 2.12. The molecule has 0 saturated heterocycles. The second-order valence-electron chi connectivity index (χ2n) is 4.13. The highest BCUT2D eigenvalue weighted by Gasteiger charge is 2.00. The number of aryl methyl sites for hydroxylation is 2. The highest BCUT2D eigenvalue weighted by Crippen LogP contribution is 2.07. The largest absolute Gasteiger partial charge is 0.335 e. The summed E-state index contributed by atoms with van der Waals surface area (Å²) in [6.45, 7) is 6.47. The summed E-state index contributed by atoms with van der Waals surface area (Å²) in [4.78, 5) is 4.30. The van der Waals surface area contributed by atoms with Crippen molar-refractivity contribution >= 4 is 0 Å². The minimum absolute atomic E-state index is 1.12. The van der Waals surface area contributed by atoms with E-state index in [1.807, 2.05) is 13.4 Å². The lowest BCUT2D eigenvalue weighted by Gasteiger charge is -2.05. The fourth-order valence-corrected chi connectivity index (χ4v) is 1.71. The first-order valence-electron chi connectivity index (χ1n) is 5.88. The van der Waals surface area contributed by atoms with Crippen LogP contribution in [-0.4, -0.2) is 23.1 Å². The van der Waals surface area contributed by atoms with Gasteiger partial charge in [-0.15, -0.1) is 0 Å². The Kier molecular flexibility index (Phi) is 5.40. The molecule has 0 bridgehead atoms. The maximum Gasteiger partial charge on any atom is 0.0951 e. The van der Waals surface area contributed by atoms with Crippen molar-refractivity contribution in [3.05, 3.63) is 17.7 Å². The lowest BCUT2D eigenvalue weighted by atomic mass is 10.2. The van der Waals surface area contributed by atoms with Crippen LogP contribution >= 0.6 is 0 Å². The molecule has 0 radical (unpaired) electrons. The van der Waals surface area contributed by atoms with Gasteiger partial charge in [-0.05, 0) is 40.3 Å². The fraction of sp³-hybridized carbons (Fsp3) is 0.750. The van der Waals surface area contributed by atoms with E-state index in [1.165, 1.54) is 31.4 Å². The van der Waals surface area contributed by atoms with Gasteiger partial charge in [0.15, 0.2) is 0 Å². The molecule has 1 aromatic heterocycles. The van der Waals surface area contributed by atoms with Gasteiger partial charge in [0, 0.05) is 12.2 Å². The molecule has 3 nitrogen and oxygen atoms in total. The molecule has 0 atom stereocenters. The molecule has 0 spiro atoms. The highest BCUT2D eigenvalue weighted by molar-refractivity contribution is 5.08. The normalized spacial score (nSPS) is 10.9. The summed E-state index contributed by atoms with van der Waals surface area (Å²) in [5.74, 6) is 0. The smallest absolute Gasteiger partial charge is 0.0951 e. The number of nitrogens with one attached hydrogen (secondary N) is 1. The van der Waals surface area contributed by atoms with E-state index < -0.39 is 0 Å². The number of unbranched alkanes of at least 4 members (excludes halogenated alkanes) is 3. The van der Waals surface area contributed by atoms with Crippen molar-refractivity contribution in [3.8, 4) is 0 Å². The molecule has 15 heavy (non-hydrogen) atoms. The van der Waals surface area contributed by atoms with Crippen LogP contribution in [0.3, 0.4) is 0 Å². The number of imidazole rings is 1. The second kappa shape index (κ2) is 6.62. The zero-order chi connectivity index (χ0) is 11.1. The molecule has 0 saturated carbocycles. The van der Waals surface area contributed by atoms with E-state index in [1.54, 1.807) is 0 Å². The molecule has 0 aliphatic heterocycles. The van der Waals surface area contributed by atoms with Gasteiger partial charge in [0.2, 0.25) is 0 Å². The first-order valence-corrected chi connectivity index (χ1v) is 5.88. The summed E-state index contributed by atoms with van der Waals surface area (Å²) >= 11 is 0. The van der Waals surface area contributed by atoms with Gasteiger partial charge in [-0.25, -0.2) is 4.98 Å². The van der Waals surface area contributed by atoms with Crippen LogP contribution < -0.4 is 5.32 Å². The fourth-order valence-electron chi connectivity index (χ4n) is 1.71. The number of aromatic nitrogens is 2. The Morgan fingerprint density at radius 3 is 2.53 bits per heavy atom. The van der Waals surface area contributed by atoms with Crippen LogP contribution in [0, 0.1) is 13.8 Å². The van der Waals surface area contributed by atoms with Crippen LogP contribution in [0.1, 0.15) is 37.1 Å². The van der Waals surface area contributed by atoms with Gasteiger partial charge in [-0.2, -0.15) is 0 Å². The predicted octanol–water partition coefficient (Wildman–Crippen LogP) is 2.28. The van der Waals surface area contributed by atoms with E-state index in [0.717, 1.165) is 18.8 Å². The average molecular weight is 209 g/mol. The van der Waals surface area contributed by atoms with Crippen LogP contribution in [0.25, 0.3) is 0 Å². The van der Waals surface area contributed by atoms with Gasteiger partial charge in [0.1, 0.15) is 0 Å². The lowest BCUT2D eigenvalue weighted by molar-refractivity contribution is 0.557. The molecule has 86 valence electrons. The van der Waals surface area contributed by atoms with Crippen molar-refractivity contribution in [1.29, 1.82) is 0 Å². The van der Waals surface area contributed by atoms with Crippen LogP contribution in [0.4, 0.5) is 0 Å². The molecule has 0 aliphatic carbocycles. The average Bonchev–Trinajstić information content (AvgIpc) is 2.54. The van der Waals surface area contributed by atoms with Crippen molar-refractivity contribution in [3.63, 3.8) is 0 Å². The second-order valence-corrected chi connectivity index (χ2v) is 4.13. The Labute approximate surface area is 92.9 Å². The van der Waals surface area contributed by atoms with Crippen LogP contribution in [0.2, 0.25) is 0 Å². The maximum absolute atomic E-state index is 4.30. The van der Waals surface area contributed by atoms with Crippen LogP contribution in [0.15, 0.2) is 6.33 Å². The third-order valence-electron chi connectivity index (χ3n) is 2.92. The molecule has 0 aliphatic rings. The number of nitrogens with zero attached hydrogens (tertiary/aromatic N) is 2. The van der Waals surface area contributed by atoms with Crippen molar-refractivity contribution in [2.75, 3.05) is 13.6 Å². The minimum Gasteiger partial charge on any atom is -0.335 e. The minimum atomic E-state index is 1.12. The lowest BCUT2D eigenvalue weighted by Crippen LogP contribution is -2.07. The Morgan fingerprint density at radius 1 is 1.20 bits per heavy atom. The third-order valence-corrected chi connectivity index (χ3v) is 2.92. The number of rotatable bonds is 7. The third kappa shape index (κ3) is 4.04. The van der Waals surface area contributed by atoms with Crippen molar-refractivity contribution in [1.82, 2.24) is 14.9 Å². The summed E-state index contributed by atoms with van der Waals surface area (Å²) < 4.78 is 2.26. The summed E-state index contributed by atoms with van der Waals surface area (Å²) in [7, 11) is 2.01. The highest BCUT2D eigenvalue weighted by atomic mass is 15.0. The Hall–Kier alpha value is -0.830. The number of hydrogen-bond acceptors (Lipinski definition) is 2. The molecular formula is C12H23N3. The van der Waals surface area contributed by atoms with Gasteiger partial charge < -0.3 is 9.88 Å². The molecule has 0 fully saturated rings. The first-order chi connectivity index (χ1) is 7.25. The van der Waals surface area contributed by atoms with E-state index >= 15 is 0 Å². The zero-order valence-corrected chi connectivity index (χ0v) is 10.2. The van der Waals surface area contributed by atoms with E-state index in [9.17, 15) is 0 Å². The first kappa shape index (κ1) is 12.2. The molecule has 1 rings (SSSR count). The monoisotopic (exact) mass is 209 g/mol. The van der Waals surface area contributed by atoms with Crippen molar-refractivity contribution in [2.45, 2.75) is 46.1 Å². The molecule has 1 aromatic rings. The van der Waals surface area contributed by atoms with Crippen molar-refractivity contribution in [2.24, 2.45) is 0 Å². The van der Waals surface area contributed by atoms with E-state index in [-0.39, 0.29) is 0 Å². The van der Waals surface area contributed by atoms with E-state index in [0.29, 0.717) is 0 Å². The van der Waals surface area contributed by atoms with E-state index in [4.69, 9.17) is 0 Å². The molecular weight excluding hydrogens is 186 g/mol. The van der Waals surface area contributed by atoms with Crippen LogP contribution in [0.5, 0.6) is 0 Å². The summed E-state index contributed by atoms with van der Waals surface area (Å²) in [5, 5.41) is 3.17. The van der Waals surface area contributed by atoms with Crippen molar-refractivity contribution < 1.29 is 0 Å². The topological polar surface area (TPSA) is 29.9 Å².